The Morgan fingerprint density at radius 1 is 1.08 bits per heavy atom. The maximum absolute atomic E-state index is 12.6. The van der Waals surface area contributed by atoms with Crippen LogP contribution >= 0.6 is 0 Å². The Bertz CT molecular complexity index is 914. The quantitative estimate of drug-likeness (QED) is 0.624. The van der Waals surface area contributed by atoms with Gasteiger partial charge in [0.1, 0.15) is 0 Å². The number of rotatable bonds is 5. The van der Waals surface area contributed by atoms with Crippen molar-refractivity contribution < 1.29 is 13.3 Å². The standard InChI is InChI=1S/C19H24N2O4S/c1-13-6-11-17(12-18(13)21(22)23)26(24,25)20-14(2)15-7-9-16(10-8-15)19(3,4)5/h6-12,14,20H,1-5H3/t14-/m1/s1. The highest BCUT2D eigenvalue weighted by molar-refractivity contribution is 7.89. The van der Waals surface area contributed by atoms with E-state index in [0.29, 0.717) is 5.56 Å². The number of sulfonamides is 1. The van der Waals surface area contributed by atoms with Crippen molar-refractivity contribution in [3.8, 4) is 0 Å². The van der Waals surface area contributed by atoms with Crippen LogP contribution < -0.4 is 4.72 Å². The van der Waals surface area contributed by atoms with E-state index >= 15 is 0 Å². The molecule has 0 aliphatic carbocycles. The third-order valence-electron chi connectivity index (χ3n) is 4.30. The highest BCUT2D eigenvalue weighted by Gasteiger charge is 2.22. The highest BCUT2D eigenvalue weighted by atomic mass is 32.2. The summed E-state index contributed by atoms with van der Waals surface area (Å²) in [5.41, 5.74) is 2.20. The number of benzene rings is 2. The fourth-order valence-corrected chi connectivity index (χ4v) is 3.85. The molecule has 1 N–H and O–H groups in total. The first kappa shape index (κ1) is 20.1. The molecule has 2 rings (SSSR count). The zero-order chi connectivity index (χ0) is 19.7. The van der Waals surface area contributed by atoms with E-state index in [1.165, 1.54) is 12.1 Å². The molecule has 2 aromatic carbocycles. The molecule has 0 fully saturated rings. The molecule has 140 valence electrons. The molecule has 2 aromatic rings. The Hall–Kier alpha value is -2.25. The molecule has 0 saturated heterocycles. The molecule has 0 bridgehead atoms. The molecule has 0 aliphatic heterocycles. The first-order chi connectivity index (χ1) is 11.9. The third-order valence-corrected chi connectivity index (χ3v) is 5.83. The van der Waals surface area contributed by atoms with Gasteiger partial charge in [0.25, 0.3) is 5.69 Å². The Morgan fingerprint density at radius 3 is 2.15 bits per heavy atom. The van der Waals surface area contributed by atoms with Crippen molar-refractivity contribution in [3.63, 3.8) is 0 Å². The van der Waals surface area contributed by atoms with Crippen LogP contribution in [0.5, 0.6) is 0 Å². The van der Waals surface area contributed by atoms with E-state index in [2.05, 4.69) is 25.5 Å². The van der Waals surface area contributed by atoms with Crippen LogP contribution in [0.25, 0.3) is 0 Å². The van der Waals surface area contributed by atoms with Gasteiger partial charge in [-0.2, -0.15) is 0 Å². The summed E-state index contributed by atoms with van der Waals surface area (Å²) in [7, 11) is -3.87. The lowest BCUT2D eigenvalue weighted by Gasteiger charge is -2.20. The van der Waals surface area contributed by atoms with Crippen molar-refractivity contribution >= 4 is 15.7 Å². The predicted octanol–water partition coefficient (Wildman–Crippen LogP) is 4.24. The minimum atomic E-state index is -3.87. The molecule has 0 spiro atoms. The van der Waals surface area contributed by atoms with Crippen molar-refractivity contribution in [3.05, 3.63) is 69.3 Å². The molecule has 0 radical (unpaired) electrons. The molecule has 0 heterocycles. The van der Waals surface area contributed by atoms with Gasteiger partial charge in [-0.05, 0) is 36.5 Å². The fourth-order valence-electron chi connectivity index (χ4n) is 2.59. The summed E-state index contributed by atoms with van der Waals surface area (Å²) in [4.78, 5) is 10.3. The summed E-state index contributed by atoms with van der Waals surface area (Å²) in [6, 6.07) is 11.2. The maximum atomic E-state index is 12.6. The predicted molar refractivity (Wildman–Crippen MR) is 102 cm³/mol. The van der Waals surface area contributed by atoms with Crippen LogP contribution in [0.1, 0.15) is 50.4 Å². The normalized spacial score (nSPS) is 13.4. The highest BCUT2D eigenvalue weighted by Crippen LogP contribution is 2.26. The first-order valence-corrected chi connectivity index (χ1v) is 9.78. The molecular weight excluding hydrogens is 352 g/mol. The van der Waals surface area contributed by atoms with E-state index in [1.54, 1.807) is 13.8 Å². The molecule has 0 saturated carbocycles. The van der Waals surface area contributed by atoms with Crippen LogP contribution in [0.3, 0.4) is 0 Å². The number of hydrogen-bond acceptors (Lipinski definition) is 4. The second-order valence-electron chi connectivity index (χ2n) is 7.42. The number of hydrogen-bond donors (Lipinski definition) is 1. The van der Waals surface area contributed by atoms with E-state index in [1.807, 2.05) is 24.3 Å². The summed E-state index contributed by atoms with van der Waals surface area (Å²) in [6.45, 7) is 9.64. The summed E-state index contributed by atoms with van der Waals surface area (Å²) in [6.07, 6.45) is 0. The average Bonchev–Trinajstić information content (AvgIpc) is 2.53. The van der Waals surface area contributed by atoms with Gasteiger partial charge in [-0.3, -0.25) is 10.1 Å². The van der Waals surface area contributed by atoms with Crippen molar-refractivity contribution in [2.75, 3.05) is 0 Å². The SMILES string of the molecule is Cc1ccc(S(=O)(=O)N[C@H](C)c2ccc(C(C)(C)C)cc2)cc1[N+](=O)[O-]. The zero-order valence-corrected chi connectivity index (χ0v) is 16.4. The monoisotopic (exact) mass is 376 g/mol. The summed E-state index contributed by atoms with van der Waals surface area (Å²) >= 11 is 0. The molecule has 6 nitrogen and oxygen atoms in total. The molecule has 26 heavy (non-hydrogen) atoms. The molecule has 0 aliphatic rings. The van der Waals surface area contributed by atoms with Crippen LogP contribution in [0, 0.1) is 17.0 Å². The Kier molecular flexibility index (Phi) is 5.53. The average molecular weight is 376 g/mol. The molecule has 0 aromatic heterocycles. The van der Waals surface area contributed by atoms with Crippen molar-refractivity contribution in [1.82, 2.24) is 4.72 Å². The van der Waals surface area contributed by atoms with Gasteiger partial charge < -0.3 is 0 Å². The molecule has 1 atom stereocenters. The summed E-state index contributed by atoms with van der Waals surface area (Å²) in [5, 5.41) is 11.0. The smallest absolute Gasteiger partial charge is 0.258 e. The summed E-state index contributed by atoms with van der Waals surface area (Å²) in [5.74, 6) is 0. The minimum absolute atomic E-state index is 0.0160. The van der Waals surface area contributed by atoms with Crippen LogP contribution in [-0.4, -0.2) is 13.3 Å². The van der Waals surface area contributed by atoms with Gasteiger partial charge in [0.2, 0.25) is 10.0 Å². The number of nitro benzene ring substituents is 1. The minimum Gasteiger partial charge on any atom is -0.258 e. The zero-order valence-electron chi connectivity index (χ0n) is 15.6. The topological polar surface area (TPSA) is 89.3 Å². The lowest BCUT2D eigenvalue weighted by atomic mass is 9.86. The lowest BCUT2D eigenvalue weighted by Crippen LogP contribution is -2.27. The molecule has 0 unspecified atom stereocenters. The van der Waals surface area contributed by atoms with Crippen LogP contribution in [0.2, 0.25) is 0 Å². The number of nitrogens with one attached hydrogen (secondary N) is 1. The van der Waals surface area contributed by atoms with Gasteiger partial charge in [0.05, 0.1) is 9.82 Å². The van der Waals surface area contributed by atoms with Crippen LogP contribution in [-0.2, 0) is 15.4 Å². The van der Waals surface area contributed by atoms with Gasteiger partial charge in [-0.25, -0.2) is 13.1 Å². The van der Waals surface area contributed by atoms with Crippen molar-refractivity contribution in [2.24, 2.45) is 0 Å². The van der Waals surface area contributed by atoms with Gasteiger partial charge >= 0.3 is 0 Å². The van der Waals surface area contributed by atoms with Crippen LogP contribution in [0.4, 0.5) is 5.69 Å². The van der Waals surface area contributed by atoms with E-state index in [4.69, 9.17) is 0 Å². The van der Waals surface area contributed by atoms with Gasteiger partial charge in [0, 0.05) is 17.7 Å². The van der Waals surface area contributed by atoms with E-state index < -0.39 is 21.0 Å². The molecule has 7 heteroatoms. The lowest BCUT2D eigenvalue weighted by molar-refractivity contribution is -0.385. The Balaban J connectivity index is 2.26. The number of nitro groups is 1. The largest absolute Gasteiger partial charge is 0.273 e. The molecule has 0 amide bonds. The number of aryl methyl sites for hydroxylation is 1. The van der Waals surface area contributed by atoms with E-state index in [0.717, 1.165) is 17.2 Å². The van der Waals surface area contributed by atoms with E-state index in [-0.39, 0.29) is 16.0 Å². The number of nitrogens with zero attached hydrogens (tertiary/aromatic N) is 1. The van der Waals surface area contributed by atoms with E-state index in [9.17, 15) is 18.5 Å². The van der Waals surface area contributed by atoms with Crippen molar-refractivity contribution in [1.29, 1.82) is 0 Å². The fraction of sp³-hybridized carbons (Fsp3) is 0.368. The van der Waals surface area contributed by atoms with Gasteiger partial charge in [-0.15, -0.1) is 0 Å². The van der Waals surface area contributed by atoms with Crippen molar-refractivity contribution in [2.45, 2.75) is 51.0 Å². The second-order valence-corrected chi connectivity index (χ2v) is 9.13. The van der Waals surface area contributed by atoms with Gasteiger partial charge in [-0.1, -0.05) is 51.1 Å². The third kappa shape index (κ3) is 4.47. The molecular formula is C19H24N2O4S. The maximum Gasteiger partial charge on any atom is 0.273 e. The Morgan fingerprint density at radius 2 is 1.65 bits per heavy atom. The Labute approximate surface area is 154 Å². The van der Waals surface area contributed by atoms with Gasteiger partial charge in [0.15, 0.2) is 0 Å². The second kappa shape index (κ2) is 7.17. The first-order valence-electron chi connectivity index (χ1n) is 8.29. The summed E-state index contributed by atoms with van der Waals surface area (Å²) < 4.78 is 27.8. The van der Waals surface area contributed by atoms with Crippen LogP contribution in [0.15, 0.2) is 47.4 Å².